The van der Waals surface area contributed by atoms with Crippen LogP contribution in [0, 0.1) is 11.3 Å². The molecular weight excluding hydrogens is 196 g/mol. The van der Waals surface area contributed by atoms with Gasteiger partial charge in [-0.25, -0.2) is 0 Å². The summed E-state index contributed by atoms with van der Waals surface area (Å²) in [4.78, 5) is 0. The Kier molecular flexibility index (Phi) is 5.01. The molecule has 0 heterocycles. The molecule has 0 saturated heterocycles. The first-order valence-electron chi connectivity index (χ1n) is 5.93. The van der Waals surface area contributed by atoms with Gasteiger partial charge in [0.25, 0.3) is 0 Å². The van der Waals surface area contributed by atoms with Crippen LogP contribution in [0.15, 0.2) is 24.3 Å². The fourth-order valence-corrected chi connectivity index (χ4v) is 1.72. The summed E-state index contributed by atoms with van der Waals surface area (Å²) in [5.74, 6) is 0.519. The summed E-state index contributed by atoms with van der Waals surface area (Å²) < 4.78 is 0. The molecule has 0 aliphatic heterocycles. The number of hydrogen-bond donors (Lipinski definition) is 1. The minimum atomic E-state index is 0.320. The number of nitriles is 1. The zero-order chi connectivity index (χ0) is 12.0. The lowest BCUT2D eigenvalue weighted by atomic mass is 9.93. The second kappa shape index (κ2) is 6.30. The fourth-order valence-electron chi connectivity index (χ4n) is 1.72. The van der Waals surface area contributed by atoms with Crippen LogP contribution in [0.5, 0.6) is 0 Å². The molecule has 1 aromatic carbocycles. The number of nitrogens with two attached hydrogens (primary N) is 1. The highest BCUT2D eigenvalue weighted by Gasteiger charge is 2.07. The van der Waals surface area contributed by atoms with Crippen molar-refractivity contribution in [2.24, 2.45) is 5.73 Å². The van der Waals surface area contributed by atoms with Crippen molar-refractivity contribution in [3.05, 3.63) is 35.4 Å². The first-order chi connectivity index (χ1) is 7.67. The van der Waals surface area contributed by atoms with Crippen LogP contribution in [0.1, 0.15) is 50.2 Å². The molecule has 0 aliphatic carbocycles. The van der Waals surface area contributed by atoms with Gasteiger partial charge in [0.2, 0.25) is 0 Å². The van der Waals surface area contributed by atoms with Crippen molar-refractivity contribution in [1.29, 1.82) is 5.26 Å². The molecule has 0 spiro atoms. The molecule has 0 bridgehead atoms. The van der Waals surface area contributed by atoms with Gasteiger partial charge in [-0.1, -0.05) is 26.0 Å². The van der Waals surface area contributed by atoms with Crippen molar-refractivity contribution in [3.63, 3.8) is 0 Å². The van der Waals surface area contributed by atoms with Crippen LogP contribution in [-0.4, -0.2) is 6.04 Å². The van der Waals surface area contributed by atoms with Crippen molar-refractivity contribution in [1.82, 2.24) is 0 Å². The predicted octanol–water partition coefficient (Wildman–Crippen LogP) is 3.18. The Morgan fingerprint density at radius 2 is 1.88 bits per heavy atom. The van der Waals surface area contributed by atoms with E-state index in [9.17, 15) is 0 Å². The largest absolute Gasteiger partial charge is 0.328 e. The second-order valence-corrected chi connectivity index (χ2v) is 4.38. The highest BCUT2D eigenvalue weighted by molar-refractivity contribution is 5.32. The molecule has 0 aromatic heterocycles. The predicted molar refractivity (Wildman–Crippen MR) is 67.1 cm³/mol. The maximum absolute atomic E-state index is 8.71. The minimum absolute atomic E-state index is 0.320. The number of rotatable bonds is 5. The standard InChI is InChI=1S/C14H20N2/c1-3-14(16)9-4-11(2)13-7-5-12(10-15)6-8-13/h5-8,11,14H,3-4,9,16H2,1-2H3. The molecule has 0 fully saturated rings. The summed E-state index contributed by atoms with van der Waals surface area (Å²) in [5.41, 5.74) is 7.92. The lowest BCUT2D eigenvalue weighted by molar-refractivity contribution is 0.530. The van der Waals surface area contributed by atoms with E-state index in [0.29, 0.717) is 12.0 Å². The molecule has 2 atom stereocenters. The molecule has 0 aliphatic rings. The summed E-state index contributed by atoms with van der Waals surface area (Å²) in [5, 5.41) is 8.71. The van der Waals surface area contributed by atoms with Gasteiger partial charge in [-0.2, -0.15) is 5.26 Å². The fraction of sp³-hybridized carbons (Fsp3) is 0.500. The van der Waals surface area contributed by atoms with Gasteiger partial charge >= 0.3 is 0 Å². The Bertz CT molecular complexity index is 348. The van der Waals surface area contributed by atoms with Crippen molar-refractivity contribution in [2.75, 3.05) is 0 Å². The summed E-state index contributed by atoms with van der Waals surface area (Å²) in [7, 11) is 0. The van der Waals surface area contributed by atoms with Gasteiger partial charge in [0.05, 0.1) is 11.6 Å². The summed E-state index contributed by atoms with van der Waals surface area (Å²) in [6.45, 7) is 4.33. The Labute approximate surface area is 98.1 Å². The van der Waals surface area contributed by atoms with E-state index in [1.807, 2.05) is 24.3 Å². The summed E-state index contributed by atoms with van der Waals surface area (Å²) in [6, 6.07) is 10.3. The molecule has 2 nitrogen and oxygen atoms in total. The van der Waals surface area contributed by atoms with Gasteiger partial charge in [-0.05, 0) is 42.9 Å². The molecule has 0 amide bonds. The Balaban J connectivity index is 2.53. The molecule has 2 unspecified atom stereocenters. The van der Waals surface area contributed by atoms with Crippen LogP contribution >= 0.6 is 0 Å². The van der Waals surface area contributed by atoms with Crippen molar-refractivity contribution < 1.29 is 0 Å². The maximum Gasteiger partial charge on any atom is 0.0991 e. The van der Waals surface area contributed by atoms with Gasteiger partial charge < -0.3 is 5.73 Å². The normalized spacial score (nSPS) is 14.1. The first-order valence-corrected chi connectivity index (χ1v) is 5.93. The summed E-state index contributed by atoms with van der Waals surface area (Å²) in [6.07, 6.45) is 3.22. The van der Waals surface area contributed by atoms with E-state index in [0.717, 1.165) is 24.8 Å². The Morgan fingerprint density at radius 1 is 1.25 bits per heavy atom. The molecule has 0 radical (unpaired) electrons. The van der Waals surface area contributed by atoms with E-state index in [-0.39, 0.29) is 0 Å². The van der Waals surface area contributed by atoms with Crippen LogP contribution in [-0.2, 0) is 0 Å². The zero-order valence-electron chi connectivity index (χ0n) is 10.1. The van der Waals surface area contributed by atoms with Gasteiger partial charge in [-0.3, -0.25) is 0 Å². The van der Waals surface area contributed by atoms with E-state index >= 15 is 0 Å². The molecule has 16 heavy (non-hydrogen) atoms. The maximum atomic E-state index is 8.71. The highest BCUT2D eigenvalue weighted by atomic mass is 14.6. The lowest BCUT2D eigenvalue weighted by Gasteiger charge is -2.14. The average molecular weight is 216 g/mol. The molecule has 2 heteroatoms. The minimum Gasteiger partial charge on any atom is -0.328 e. The van der Waals surface area contributed by atoms with E-state index in [4.69, 9.17) is 11.0 Å². The van der Waals surface area contributed by atoms with Crippen LogP contribution in [0.3, 0.4) is 0 Å². The molecule has 86 valence electrons. The molecule has 2 N–H and O–H groups in total. The topological polar surface area (TPSA) is 49.8 Å². The second-order valence-electron chi connectivity index (χ2n) is 4.38. The van der Waals surface area contributed by atoms with Crippen molar-refractivity contribution in [2.45, 2.75) is 45.1 Å². The van der Waals surface area contributed by atoms with E-state index in [1.54, 1.807) is 0 Å². The van der Waals surface area contributed by atoms with Crippen LogP contribution < -0.4 is 5.73 Å². The summed E-state index contributed by atoms with van der Waals surface area (Å²) >= 11 is 0. The Morgan fingerprint density at radius 3 is 2.38 bits per heavy atom. The SMILES string of the molecule is CCC(N)CCC(C)c1ccc(C#N)cc1. The van der Waals surface area contributed by atoms with Crippen molar-refractivity contribution >= 4 is 0 Å². The third-order valence-corrected chi connectivity index (χ3v) is 3.10. The molecular formula is C14H20N2. The third-order valence-electron chi connectivity index (χ3n) is 3.10. The number of nitrogens with zero attached hydrogens (tertiary/aromatic N) is 1. The number of benzene rings is 1. The van der Waals surface area contributed by atoms with Crippen molar-refractivity contribution in [3.8, 4) is 6.07 Å². The van der Waals surface area contributed by atoms with Gasteiger partial charge in [0, 0.05) is 6.04 Å². The zero-order valence-corrected chi connectivity index (χ0v) is 10.1. The van der Waals surface area contributed by atoms with E-state index in [1.165, 1.54) is 5.56 Å². The Hall–Kier alpha value is -1.33. The molecule has 0 saturated carbocycles. The van der Waals surface area contributed by atoms with E-state index < -0.39 is 0 Å². The lowest BCUT2D eigenvalue weighted by Crippen LogP contribution is -2.18. The highest BCUT2D eigenvalue weighted by Crippen LogP contribution is 2.21. The molecule has 1 aromatic rings. The number of hydrogen-bond acceptors (Lipinski definition) is 2. The monoisotopic (exact) mass is 216 g/mol. The van der Waals surface area contributed by atoms with Crippen LogP contribution in [0.4, 0.5) is 0 Å². The van der Waals surface area contributed by atoms with Gasteiger partial charge in [-0.15, -0.1) is 0 Å². The first kappa shape index (κ1) is 12.7. The van der Waals surface area contributed by atoms with Crippen LogP contribution in [0.25, 0.3) is 0 Å². The quantitative estimate of drug-likeness (QED) is 0.821. The molecule has 1 rings (SSSR count). The van der Waals surface area contributed by atoms with Gasteiger partial charge in [0.15, 0.2) is 0 Å². The van der Waals surface area contributed by atoms with E-state index in [2.05, 4.69) is 19.9 Å². The third kappa shape index (κ3) is 3.67. The average Bonchev–Trinajstić information content (AvgIpc) is 2.35. The van der Waals surface area contributed by atoms with Gasteiger partial charge in [0.1, 0.15) is 0 Å². The van der Waals surface area contributed by atoms with Crippen LogP contribution in [0.2, 0.25) is 0 Å². The smallest absolute Gasteiger partial charge is 0.0991 e.